The van der Waals surface area contributed by atoms with E-state index in [-0.39, 0.29) is 5.91 Å². The predicted octanol–water partition coefficient (Wildman–Crippen LogP) is 3.44. The molecule has 23 heavy (non-hydrogen) atoms. The van der Waals surface area contributed by atoms with Gasteiger partial charge in [0.05, 0.1) is 11.6 Å². The maximum Gasteiger partial charge on any atom is 0.274 e. The molecule has 1 aromatic carbocycles. The summed E-state index contributed by atoms with van der Waals surface area (Å²) in [4.78, 5) is 18.6. The van der Waals surface area contributed by atoms with E-state index in [1.807, 2.05) is 13.1 Å². The Balaban J connectivity index is 2.11. The van der Waals surface area contributed by atoms with Crippen molar-refractivity contribution in [3.63, 3.8) is 0 Å². The van der Waals surface area contributed by atoms with Crippen LogP contribution in [0, 0.1) is 11.3 Å². The second-order valence-electron chi connectivity index (χ2n) is 5.32. The number of carbonyl (C=O) groups excluding carboxylic acids is 1. The van der Waals surface area contributed by atoms with Crippen LogP contribution in [0.5, 0.6) is 0 Å². The molecule has 0 aliphatic heterocycles. The van der Waals surface area contributed by atoms with E-state index in [2.05, 4.69) is 28.2 Å². The lowest BCUT2D eigenvalue weighted by molar-refractivity contribution is 0.102. The highest BCUT2D eigenvalue weighted by atomic mass is 16.1. The fourth-order valence-corrected chi connectivity index (χ4v) is 2.17. The number of nitriles is 1. The molecule has 1 aromatic heterocycles. The Morgan fingerprint density at radius 1 is 1.35 bits per heavy atom. The molecular weight excluding hydrogens is 288 g/mol. The fraction of sp³-hybridized carbons (Fsp3) is 0.278. The molecular formula is C18H20N4O. The minimum absolute atomic E-state index is 0.286. The van der Waals surface area contributed by atoms with Gasteiger partial charge in [-0.1, -0.05) is 19.4 Å². The molecule has 5 heteroatoms. The normalized spacial score (nSPS) is 9.96. The molecule has 0 aliphatic rings. The quantitative estimate of drug-likeness (QED) is 0.887. The van der Waals surface area contributed by atoms with Crippen LogP contribution >= 0.6 is 0 Å². The number of amides is 1. The number of anilines is 2. The second kappa shape index (κ2) is 7.95. The monoisotopic (exact) mass is 308 g/mol. The van der Waals surface area contributed by atoms with Crippen LogP contribution in [-0.2, 0) is 0 Å². The summed E-state index contributed by atoms with van der Waals surface area (Å²) >= 11 is 0. The zero-order valence-corrected chi connectivity index (χ0v) is 13.4. The second-order valence-corrected chi connectivity index (χ2v) is 5.32. The van der Waals surface area contributed by atoms with Gasteiger partial charge in [0.1, 0.15) is 5.69 Å². The van der Waals surface area contributed by atoms with Crippen molar-refractivity contribution in [2.45, 2.75) is 19.8 Å². The van der Waals surface area contributed by atoms with Crippen LogP contribution in [0.4, 0.5) is 11.4 Å². The van der Waals surface area contributed by atoms with E-state index >= 15 is 0 Å². The van der Waals surface area contributed by atoms with Crippen molar-refractivity contribution in [2.24, 2.45) is 0 Å². The molecule has 0 unspecified atom stereocenters. The molecule has 0 spiro atoms. The van der Waals surface area contributed by atoms with Gasteiger partial charge in [-0.2, -0.15) is 5.26 Å². The van der Waals surface area contributed by atoms with E-state index in [9.17, 15) is 4.79 Å². The van der Waals surface area contributed by atoms with Gasteiger partial charge in [0.15, 0.2) is 0 Å². The summed E-state index contributed by atoms with van der Waals surface area (Å²) in [5.41, 5.74) is 2.40. The molecule has 1 amide bonds. The molecule has 0 radical (unpaired) electrons. The predicted molar refractivity (Wildman–Crippen MR) is 91.5 cm³/mol. The first kappa shape index (κ1) is 16.5. The standard InChI is InChI=1S/C18H20N4O/c1-3-4-10-22(2)16-8-9-20-17(12-16)18(23)21-15-7-5-6-14(11-15)13-19/h5-9,11-12H,3-4,10H2,1-2H3,(H,21,23). The van der Waals surface area contributed by atoms with Crippen LogP contribution in [0.1, 0.15) is 35.8 Å². The molecule has 0 fully saturated rings. The minimum Gasteiger partial charge on any atom is -0.374 e. The number of nitrogens with one attached hydrogen (secondary N) is 1. The van der Waals surface area contributed by atoms with Gasteiger partial charge < -0.3 is 10.2 Å². The molecule has 118 valence electrons. The van der Waals surface area contributed by atoms with Crippen molar-refractivity contribution in [3.8, 4) is 6.07 Å². The largest absolute Gasteiger partial charge is 0.374 e. The topological polar surface area (TPSA) is 69.0 Å². The van der Waals surface area contributed by atoms with Crippen molar-refractivity contribution < 1.29 is 4.79 Å². The SMILES string of the molecule is CCCCN(C)c1ccnc(C(=O)Nc2cccc(C#N)c2)c1. The van der Waals surface area contributed by atoms with E-state index in [0.29, 0.717) is 16.9 Å². The maximum absolute atomic E-state index is 12.3. The van der Waals surface area contributed by atoms with Crippen molar-refractivity contribution in [2.75, 3.05) is 23.8 Å². The van der Waals surface area contributed by atoms with Gasteiger partial charge in [-0.3, -0.25) is 9.78 Å². The molecule has 1 N–H and O–H groups in total. The number of pyridine rings is 1. The first-order chi connectivity index (χ1) is 11.1. The Labute approximate surface area is 136 Å². The number of aromatic nitrogens is 1. The Hall–Kier alpha value is -2.87. The highest BCUT2D eigenvalue weighted by molar-refractivity contribution is 6.03. The molecule has 0 atom stereocenters. The highest BCUT2D eigenvalue weighted by Crippen LogP contribution is 2.16. The van der Waals surface area contributed by atoms with Crippen molar-refractivity contribution in [1.29, 1.82) is 5.26 Å². The van der Waals surface area contributed by atoms with Crippen LogP contribution < -0.4 is 10.2 Å². The van der Waals surface area contributed by atoms with Crippen LogP contribution in [0.25, 0.3) is 0 Å². The van der Waals surface area contributed by atoms with E-state index in [1.54, 1.807) is 36.5 Å². The fourth-order valence-electron chi connectivity index (χ4n) is 2.17. The smallest absolute Gasteiger partial charge is 0.274 e. The lowest BCUT2D eigenvalue weighted by Gasteiger charge is -2.19. The first-order valence-electron chi connectivity index (χ1n) is 7.62. The summed E-state index contributed by atoms with van der Waals surface area (Å²) in [5.74, 6) is -0.286. The zero-order chi connectivity index (χ0) is 16.7. The van der Waals surface area contributed by atoms with E-state index in [0.717, 1.165) is 25.1 Å². The number of rotatable bonds is 6. The molecule has 0 aliphatic carbocycles. The minimum atomic E-state index is -0.286. The van der Waals surface area contributed by atoms with Gasteiger partial charge in [0.2, 0.25) is 0 Å². The summed E-state index contributed by atoms with van der Waals surface area (Å²) in [5, 5.41) is 11.7. The van der Waals surface area contributed by atoms with E-state index in [1.165, 1.54) is 0 Å². The molecule has 0 saturated carbocycles. The van der Waals surface area contributed by atoms with Gasteiger partial charge >= 0.3 is 0 Å². The summed E-state index contributed by atoms with van der Waals surface area (Å²) in [6, 6.07) is 12.5. The molecule has 2 aromatic rings. The molecule has 0 saturated heterocycles. The summed E-state index contributed by atoms with van der Waals surface area (Å²) in [7, 11) is 2.00. The lowest BCUT2D eigenvalue weighted by atomic mass is 10.2. The van der Waals surface area contributed by atoms with E-state index < -0.39 is 0 Å². The summed E-state index contributed by atoms with van der Waals surface area (Å²) < 4.78 is 0. The van der Waals surface area contributed by atoms with Gasteiger partial charge in [-0.05, 0) is 36.8 Å². The number of unbranched alkanes of at least 4 members (excludes halogenated alkanes) is 1. The third-order valence-electron chi connectivity index (χ3n) is 3.51. The average molecular weight is 308 g/mol. The number of hydrogen-bond acceptors (Lipinski definition) is 4. The molecule has 0 bridgehead atoms. The van der Waals surface area contributed by atoms with Gasteiger partial charge in [0.25, 0.3) is 5.91 Å². The van der Waals surface area contributed by atoms with Crippen molar-refractivity contribution in [1.82, 2.24) is 4.98 Å². The van der Waals surface area contributed by atoms with Crippen molar-refractivity contribution >= 4 is 17.3 Å². The maximum atomic E-state index is 12.3. The Morgan fingerprint density at radius 3 is 2.91 bits per heavy atom. The Kier molecular flexibility index (Phi) is 5.70. The van der Waals surface area contributed by atoms with E-state index in [4.69, 9.17) is 5.26 Å². The van der Waals surface area contributed by atoms with Gasteiger partial charge in [0, 0.05) is 31.2 Å². The molecule has 5 nitrogen and oxygen atoms in total. The molecule has 2 rings (SSSR count). The van der Waals surface area contributed by atoms with Crippen LogP contribution in [-0.4, -0.2) is 24.5 Å². The zero-order valence-electron chi connectivity index (χ0n) is 13.4. The van der Waals surface area contributed by atoms with Crippen molar-refractivity contribution in [3.05, 3.63) is 53.9 Å². The summed E-state index contributed by atoms with van der Waals surface area (Å²) in [6.45, 7) is 3.08. The van der Waals surface area contributed by atoms with Gasteiger partial charge in [-0.15, -0.1) is 0 Å². The lowest BCUT2D eigenvalue weighted by Crippen LogP contribution is -2.20. The number of benzene rings is 1. The number of carbonyl (C=O) groups is 1. The van der Waals surface area contributed by atoms with Crippen LogP contribution in [0.3, 0.4) is 0 Å². The van der Waals surface area contributed by atoms with Crippen LogP contribution in [0.15, 0.2) is 42.6 Å². The highest BCUT2D eigenvalue weighted by Gasteiger charge is 2.10. The Morgan fingerprint density at radius 2 is 2.17 bits per heavy atom. The Bertz CT molecular complexity index is 721. The molecule has 1 heterocycles. The first-order valence-corrected chi connectivity index (χ1v) is 7.62. The average Bonchev–Trinajstić information content (AvgIpc) is 2.59. The van der Waals surface area contributed by atoms with Crippen LogP contribution in [0.2, 0.25) is 0 Å². The summed E-state index contributed by atoms with van der Waals surface area (Å²) in [6.07, 6.45) is 3.86. The third kappa shape index (κ3) is 4.55. The number of hydrogen-bond donors (Lipinski definition) is 1. The number of nitrogens with zero attached hydrogens (tertiary/aromatic N) is 3. The third-order valence-corrected chi connectivity index (χ3v) is 3.51. The van der Waals surface area contributed by atoms with Gasteiger partial charge in [-0.25, -0.2) is 0 Å².